The van der Waals surface area contributed by atoms with Crippen LogP contribution in [0.4, 0.5) is 10.6 Å². The minimum absolute atomic E-state index is 0.0424. The standard InChI is InChI=1S/C17H25ClN4O2/c1-11-6-19-14(18)20-13(11)21-7-12-8-22(10-17(12,5)9-21)15(23)24-16(2,3)4/h6,12H,7-10H2,1-5H3/t12-,17+/m1/s1. The monoisotopic (exact) mass is 352 g/mol. The molecule has 2 aliphatic rings. The average molecular weight is 353 g/mol. The Hall–Kier alpha value is -1.56. The van der Waals surface area contributed by atoms with Crippen LogP contribution in [0.2, 0.25) is 5.28 Å². The fourth-order valence-corrected chi connectivity index (χ4v) is 3.83. The molecule has 0 radical (unpaired) electrons. The molecular weight excluding hydrogens is 328 g/mol. The van der Waals surface area contributed by atoms with E-state index in [9.17, 15) is 4.79 Å². The van der Waals surface area contributed by atoms with Crippen LogP contribution in [-0.4, -0.2) is 52.7 Å². The second-order valence-corrected chi connectivity index (χ2v) is 8.58. The van der Waals surface area contributed by atoms with Crippen LogP contribution in [0.3, 0.4) is 0 Å². The van der Waals surface area contributed by atoms with Crippen molar-refractivity contribution in [1.29, 1.82) is 0 Å². The van der Waals surface area contributed by atoms with E-state index in [2.05, 4.69) is 21.8 Å². The number of rotatable bonds is 1. The van der Waals surface area contributed by atoms with E-state index in [1.165, 1.54) is 0 Å². The van der Waals surface area contributed by atoms with Gasteiger partial charge in [-0.1, -0.05) is 6.92 Å². The highest BCUT2D eigenvalue weighted by Crippen LogP contribution is 2.44. The smallest absolute Gasteiger partial charge is 0.410 e. The molecule has 24 heavy (non-hydrogen) atoms. The predicted molar refractivity (Wildman–Crippen MR) is 93.4 cm³/mol. The molecule has 2 aliphatic heterocycles. The first-order valence-electron chi connectivity index (χ1n) is 8.29. The van der Waals surface area contributed by atoms with Gasteiger partial charge in [0.1, 0.15) is 11.4 Å². The Labute approximate surface area is 148 Å². The highest BCUT2D eigenvalue weighted by atomic mass is 35.5. The maximum atomic E-state index is 12.3. The van der Waals surface area contributed by atoms with Crippen molar-refractivity contribution in [3.8, 4) is 0 Å². The summed E-state index contributed by atoms with van der Waals surface area (Å²) in [7, 11) is 0. The number of fused-ring (bicyclic) bond motifs is 1. The minimum Gasteiger partial charge on any atom is -0.444 e. The lowest BCUT2D eigenvalue weighted by molar-refractivity contribution is 0.0273. The van der Waals surface area contributed by atoms with Crippen molar-refractivity contribution in [3.63, 3.8) is 0 Å². The van der Waals surface area contributed by atoms with Crippen LogP contribution in [0, 0.1) is 18.3 Å². The van der Waals surface area contributed by atoms with E-state index in [0.717, 1.165) is 31.0 Å². The van der Waals surface area contributed by atoms with Crippen molar-refractivity contribution in [2.45, 2.75) is 40.2 Å². The fourth-order valence-electron chi connectivity index (χ4n) is 3.70. The van der Waals surface area contributed by atoms with Crippen molar-refractivity contribution in [2.24, 2.45) is 11.3 Å². The summed E-state index contributed by atoms with van der Waals surface area (Å²) in [5.41, 5.74) is 0.601. The lowest BCUT2D eigenvalue weighted by Gasteiger charge is -2.28. The van der Waals surface area contributed by atoms with Crippen molar-refractivity contribution in [2.75, 3.05) is 31.1 Å². The van der Waals surface area contributed by atoms with Gasteiger partial charge in [0.25, 0.3) is 0 Å². The van der Waals surface area contributed by atoms with Crippen LogP contribution < -0.4 is 4.90 Å². The second-order valence-electron chi connectivity index (χ2n) is 8.24. The highest BCUT2D eigenvalue weighted by molar-refractivity contribution is 6.28. The Morgan fingerprint density at radius 1 is 1.38 bits per heavy atom. The van der Waals surface area contributed by atoms with E-state index in [4.69, 9.17) is 16.3 Å². The van der Waals surface area contributed by atoms with E-state index in [0.29, 0.717) is 12.5 Å². The third kappa shape index (κ3) is 3.29. The SMILES string of the molecule is Cc1cnc(Cl)nc1N1C[C@@H]2CN(C(=O)OC(C)(C)C)C[C@]2(C)C1. The van der Waals surface area contributed by atoms with Crippen molar-refractivity contribution in [1.82, 2.24) is 14.9 Å². The summed E-state index contributed by atoms with van der Waals surface area (Å²) in [5.74, 6) is 1.30. The van der Waals surface area contributed by atoms with Crippen LogP contribution in [0.1, 0.15) is 33.3 Å². The first-order chi connectivity index (χ1) is 11.1. The largest absolute Gasteiger partial charge is 0.444 e. The normalized spacial score (nSPS) is 26.7. The Morgan fingerprint density at radius 3 is 2.71 bits per heavy atom. The number of carbonyl (C=O) groups is 1. The van der Waals surface area contributed by atoms with Gasteiger partial charge in [0.2, 0.25) is 5.28 Å². The lowest BCUT2D eigenvalue weighted by Crippen LogP contribution is -2.39. The zero-order valence-electron chi connectivity index (χ0n) is 15.0. The van der Waals surface area contributed by atoms with Crippen LogP contribution in [0.15, 0.2) is 6.20 Å². The van der Waals surface area contributed by atoms with Gasteiger partial charge in [-0.2, -0.15) is 0 Å². The molecule has 1 aromatic rings. The molecule has 2 saturated heterocycles. The van der Waals surface area contributed by atoms with Gasteiger partial charge in [0.05, 0.1) is 0 Å². The van der Waals surface area contributed by atoms with E-state index in [1.54, 1.807) is 6.20 Å². The quantitative estimate of drug-likeness (QED) is 0.727. The molecule has 0 saturated carbocycles. The van der Waals surface area contributed by atoms with Gasteiger partial charge < -0.3 is 14.5 Å². The van der Waals surface area contributed by atoms with E-state index >= 15 is 0 Å². The maximum Gasteiger partial charge on any atom is 0.410 e. The predicted octanol–water partition coefficient (Wildman–Crippen LogP) is 3.13. The first-order valence-corrected chi connectivity index (χ1v) is 8.67. The zero-order chi connectivity index (χ0) is 17.7. The summed E-state index contributed by atoms with van der Waals surface area (Å²) in [5, 5.41) is 0.271. The van der Waals surface area contributed by atoms with Crippen LogP contribution in [0.25, 0.3) is 0 Å². The average Bonchev–Trinajstić information content (AvgIpc) is 2.91. The number of carbonyl (C=O) groups excluding carboxylic acids is 1. The molecule has 1 aromatic heterocycles. The number of ether oxygens (including phenoxy) is 1. The van der Waals surface area contributed by atoms with Crippen molar-refractivity contribution < 1.29 is 9.53 Å². The molecule has 0 spiro atoms. The molecule has 132 valence electrons. The number of halogens is 1. The van der Waals surface area contributed by atoms with Gasteiger partial charge in [0.15, 0.2) is 0 Å². The Bertz CT molecular complexity index is 660. The van der Waals surface area contributed by atoms with Crippen LogP contribution in [0.5, 0.6) is 0 Å². The molecule has 0 N–H and O–H groups in total. The topological polar surface area (TPSA) is 58.6 Å². The fraction of sp³-hybridized carbons (Fsp3) is 0.706. The number of aryl methyl sites for hydroxylation is 1. The molecule has 7 heteroatoms. The lowest BCUT2D eigenvalue weighted by atomic mass is 9.83. The minimum atomic E-state index is -0.462. The number of hydrogen-bond donors (Lipinski definition) is 0. The third-order valence-electron chi connectivity index (χ3n) is 4.84. The van der Waals surface area contributed by atoms with Gasteiger partial charge in [-0.15, -0.1) is 0 Å². The molecule has 0 aromatic carbocycles. The van der Waals surface area contributed by atoms with E-state index in [1.807, 2.05) is 32.6 Å². The number of nitrogens with zero attached hydrogens (tertiary/aromatic N) is 4. The van der Waals surface area contributed by atoms with Crippen molar-refractivity contribution in [3.05, 3.63) is 17.0 Å². The van der Waals surface area contributed by atoms with E-state index < -0.39 is 5.60 Å². The van der Waals surface area contributed by atoms with Gasteiger partial charge in [-0.05, 0) is 39.3 Å². The molecular formula is C17H25ClN4O2. The molecule has 3 rings (SSSR count). The van der Waals surface area contributed by atoms with Crippen LogP contribution in [-0.2, 0) is 4.74 Å². The van der Waals surface area contributed by atoms with Gasteiger partial charge in [-0.25, -0.2) is 14.8 Å². The number of anilines is 1. The Morgan fingerprint density at radius 2 is 2.08 bits per heavy atom. The van der Waals surface area contributed by atoms with Gasteiger partial charge in [-0.3, -0.25) is 0 Å². The van der Waals surface area contributed by atoms with Crippen LogP contribution >= 0.6 is 11.6 Å². The third-order valence-corrected chi connectivity index (χ3v) is 5.02. The molecule has 3 heterocycles. The Balaban J connectivity index is 1.71. The molecule has 0 unspecified atom stereocenters. The molecule has 0 bridgehead atoms. The molecule has 1 amide bonds. The van der Waals surface area contributed by atoms with Gasteiger partial charge >= 0.3 is 6.09 Å². The maximum absolute atomic E-state index is 12.3. The summed E-state index contributed by atoms with van der Waals surface area (Å²) in [6.45, 7) is 13.1. The van der Waals surface area contributed by atoms with Gasteiger partial charge in [0, 0.05) is 49.3 Å². The number of likely N-dealkylation sites (tertiary alicyclic amines) is 1. The summed E-state index contributed by atoms with van der Waals surface area (Å²) < 4.78 is 5.51. The summed E-state index contributed by atoms with van der Waals surface area (Å²) >= 11 is 5.96. The number of amides is 1. The zero-order valence-corrected chi connectivity index (χ0v) is 15.7. The summed E-state index contributed by atoms with van der Waals surface area (Å²) in [6.07, 6.45) is 1.54. The molecule has 6 nitrogen and oxygen atoms in total. The first kappa shape index (κ1) is 17.3. The highest BCUT2D eigenvalue weighted by Gasteiger charge is 2.51. The summed E-state index contributed by atoms with van der Waals surface area (Å²) in [4.78, 5) is 24.9. The second kappa shape index (κ2) is 5.76. The summed E-state index contributed by atoms with van der Waals surface area (Å²) in [6, 6.07) is 0. The van der Waals surface area contributed by atoms with Crippen molar-refractivity contribution >= 4 is 23.5 Å². The number of hydrogen-bond acceptors (Lipinski definition) is 5. The molecule has 0 aliphatic carbocycles. The molecule has 2 fully saturated rings. The van der Waals surface area contributed by atoms with E-state index in [-0.39, 0.29) is 16.8 Å². The Kier molecular flexibility index (Phi) is 4.14. The molecule has 2 atom stereocenters. The number of aromatic nitrogens is 2.